The third kappa shape index (κ3) is 4.85. The second-order valence-corrected chi connectivity index (χ2v) is 6.35. The Balaban J connectivity index is 1.66. The molecule has 0 bridgehead atoms. The minimum absolute atomic E-state index is 0.180. The Morgan fingerprint density at radius 1 is 1.11 bits per heavy atom. The number of nitrogens with one attached hydrogen (secondary N) is 2. The molecule has 0 aliphatic rings. The van der Waals surface area contributed by atoms with Crippen LogP contribution in [0.2, 0.25) is 0 Å². The monoisotopic (exact) mass is 383 g/mol. The molecule has 138 valence electrons. The second kappa shape index (κ2) is 8.86. The molecule has 2 aromatic heterocycles. The number of methoxy groups -OCH3 is 1. The summed E-state index contributed by atoms with van der Waals surface area (Å²) in [6.07, 6.45) is 3.43. The summed E-state index contributed by atoms with van der Waals surface area (Å²) in [7, 11) is 1.30. The van der Waals surface area contributed by atoms with E-state index in [1.165, 1.54) is 18.4 Å². The number of carbonyl (C=O) groups is 2. The molecular weight excluding hydrogens is 366 g/mol. The van der Waals surface area contributed by atoms with Crippen molar-refractivity contribution in [2.24, 2.45) is 0 Å². The lowest BCUT2D eigenvalue weighted by atomic mass is 10.1. The number of esters is 1. The highest BCUT2D eigenvalue weighted by Crippen LogP contribution is 2.33. The van der Waals surface area contributed by atoms with Gasteiger partial charge >= 0.3 is 5.97 Å². The lowest BCUT2D eigenvalue weighted by Gasteiger charge is -2.03. The van der Waals surface area contributed by atoms with E-state index >= 15 is 0 Å². The Hall–Kier alpha value is -3.33. The molecular formula is C18H17N5O3S. The fourth-order valence-corrected chi connectivity index (χ4v) is 3.23. The third-order valence-electron chi connectivity index (χ3n) is 3.49. The number of ether oxygens (including phenoxy) is 1. The molecule has 1 aromatic carbocycles. The molecule has 0 atom stereocenters. The van der Waals surface area contributed by atoms with Crippen LogP contribution in [0, 0.1) is 0 Å². The van der Waals surface area contributed by atoms with Crippen molar-refractivity contribution < 1.29 is 14.3 Å². The molecule has 8 nitrogen and oxygen atoms in total. The van der Waals surface area contributed by atoms with Gasteiger partial charge in [0.25, 0.3) is 0 Å². The van der Waals surface area contributed by atoms with E-state index in [0.29, 0.717) is 22.5 Å². The van der Waals surface area contributed by atoms with E-state index in [1.54, 1.807) is 18.5 Å². The largest absolute Gasteiger partial charge is 0.464 e. The third-order valence-corrected chi connectivity index (χ3v) is 4.51. The minimum atomic E-state index is -0.548. The van der Waals surface area contributed by atoms with Crippen LogP contribution in [-0.2, 0) is 9.53 Å². The van der Waals surface area contributed by atoms with Gasteiger partial charge in [0.15, 0.2) is 10.8 Å². The van der Waals surface area contributed by atoms with Gasteiger partial charge in [-0.15, -0.1) is 0 Å². The number of thiazole rings is 1. The topological polar surface area (TPSA) is 106 Å². The van der Waals surface area contributed by atoms with Gasteiger partial charge in [-0.05, 0) is 11.6 Å². The maximum absolute atomic E-state index is 12.2. The maximum Gasteiger partial charge on any atom is 0.358 e. The molecule has 2 heterocycles. The highest BCUT2D eigenvalue weighted by molar-refractivity contribution is 7.19. The van der Waals surface area contributed by atoms with Crippen molar-refractivity contribution in [3.05, 3.63) is 54.5 Å². The van der Waals surface area contributed by atoms with Crippen LogP contribution in [0.15, 0.2) is 48.8 Å². The molecule has 0 saturated carbocycles. The van der Waals surface area contributed by atoms with Crippen LogP contribution in [0.25, 0.3) is 10.4 Å². The van der Waals surface area contributed by atoms with E-state index in [1.807, 2.05) is 30.3 Å². The van der Waals surface area contributed by atoms with Gasteiger partial charge in [-0.25, -0.2) is 19.7 Å². The quantitative estimate of drug-likeness (QED) is 0.604. The molecule has 3 aromatic rings. The first-order valence-corrected chi connectivity index (χ1v) is 8.94. The molecule has 1 amide bonds. The summed E-state index contributed by atoms with van der Waals surface area (Å²) in [6, 6.07) is 11.1. The highest BCUT2D eigenvalue weighted by atomic mass is 32.1. The van der Waals surface area contributed by atoms with Gasteiger partial charge in [0.1, 0.15) is 0 Å². The standard InChI is InChI=1S/C18H17N5O3S/c1-26-16(25)14-15(12-6-3-2-4-7-12)27-18(23-14)22-13(24)8-11-21-17-19-9-5-10-20-17/h2-7,9-10H,8,11H2,1H3,(H,19,20,21)(H,22,23,24). The molecule has 9 heteroatoms. The maximum atomic E-state index is 12.2. The van der Waals surface area contributed by atoms with Crippen LogP contribution in [0.1, 0.15) is 16.9 Å². The van der Waals surface area contributed by atoms with Crippen molar-refractivity contribution in [1.82, 2.24) is 15.0 Å². The first-order chi connectivity index (χ1) is 13.2. The van der Waals surface area contributed by atoms with Gasteiger partial charge in [-0.2, -0.15) is 0 Å². The number of aromatic nitrogens is 3. The number of hydrogen-bond acceptors (Lipinski definition) is 8. The second-order valence-electron chi connectivity index (χ2n) is 5.35. The number of hydrogen-bond donors (Lipinski definition) is 2. The molecule has 0 saturated heterocycles. The number of rotatable bonds is 7. The molecule has 27 heavy (non-hydrogen) atoms. The van der Waals surface area contributed by atoms with E-state index in [2.05, 4.69) is 25.6 Å². The number of anilines is 2. The highest BCUT2D eigenvalue weighted by Gasteiger charge is 2.21. The van der Waals surface area contributed by atoms with Crippen molar-refractivity contribution in [1.29, 1.82) is 0 Å². The van der Waals surface area contributed by atoms with Crippen LogP contribution in [0.4, 0.5) is 11.1 Å². The van der Waals surface area contributed by atoms with Crippen LogP contribution in [0.5, 0.6) is 0 Å². The first kappa shape index (κ1) is 18.5. The summed E-state index contributed by atoms with van der Waals surface area (Å²) in [5.74, 6) is -0.324. The number of amides is 1. The molecule has 0 radical (unpaired) electrons. The van der Waals surface area contributed by atoms with Crippen molar-refractivity contribution in [3.63, 3.8) is 0 Å². The zero-order chi connectivity index (χ0) is 19.1. The summed E-state index contributed by atoms with van der Waals surface area (Å²) in [5, 5.41) is 6.02. The van der Waals surface area contributed by atoms with E-state index in [9.17, 15) is 9.59 Å². The summed E-state index contributed by atoms with van der Waals surface area (Å²) in [6.45, 7) is 0.372. The number of benzene rings is 1. The normalized spacial score (nSPS) is 10.3. The predicted molar refractivity (Wildman–Crippen MR) is 103 cm³/mol. The van der Waals surface area contributed by atoms with Gasteiger partial charge in [0, 0.05) is 25.4 Å². The van der Waals surface area contributed by atoms with E-state index in [-0.39, 0.29) is 18.0 Å². The molecule has 0 unspecified atom stereocenters. The average molecular weight is 383 g/mol. The molecule has 2 N–H and O–H groups in total. The van der Waals surface area contributed by atoms with Crippen molar-refractivity contribution in [3.8, 4) is 10.4 Å². The first-order valence-electron chi connectivity index (χ1n) is 8.12. The van der Waals surface area contributed by atoms with Crippen LogP contribution >= 0.6 is 11.3 Å². The smallest absolute Gasteiger partial charge is 0.358 e. The van der Waals surface area contributed by atoms with E-state index < -0.39 is 5.97 Å². The van der Waals surface area contributed by atoms with E-state index in [4.69, 9.17) is 4.74 Å². The Bertz CT molecular complexity index is 915. The minimum Gasteiger partial charge on any atom is -0.464 e. The van der Waals surface area contributed by atoms with Gasteiger partial charge in [-0.1, -0.05) is 41.7 Å². The van der Waals surface area contributed by atoms with Gasteiger partial charge in [0.05, 0.1) is 12.0 Å². The predicted octanol–water partition coefficient (Wildman–Crippen LogP) is 2.83. The van der Waals surface area contributed by atoms with E-state index in [0.717, 1.165) is 5.56 Å². The SMILES string of the molecule is COC(=O)c1nc(NC(=O)CCNc2ncccn2)sc1-c1ccccc1. The van der Waals surface area contributed by atoms with Crippen LogP contribution in [-0.4, -0.2) is 40.5 Å². The number of carbonyl (C=O) groups excluding carboxylic acids is 2. The zero-order valence-electron chi connectivity index (χ0n) is 14.5. The molecule has 0 aliphatic heterocycles. The summed E-state index contributed by atoms with van der Waals surface area (Å²) >= 11 is 1.23. The van der Waals surface area contributed by atoms with Gasteiger partial charge < -0.3 is 15.4 Å². The Morgan fingerprint density at radius 2 is 1.85 bits per heavy atom. The molecule has 0 aliphatic carbocycles. The van der Waals surface area contributed by atoms with Gasteiger partial charge in [0.2, 0.25) is 11.9 Å². The number of nitrogens with zero attached hydrogens (tertiary/aromatic N) is 3. The molecule has 0 spiro atoms. The Kier molecular flexibility index (Phi) is 6.06. The summed E-state index contributed by atoms with van der Waals surface area (Å²) in [4.78, 5) is 37.1. The van der Waals surface area contributed by atoms with Gasteiger partial charge in [-0.3, -0.25) is 4.79 Å². The summed E-state index contributed by atoms with van der Waals surface area (Å²) in [5.41, 5.74) is 1.01. The summed E-state index contributed by atoms with van der Waals surface area (Å²) < 4.78 is 4.80. The Labute approximate surface area is 159 Å². The van der Waals surface area contributed by atoms with Crippen LogP contribution < -0.4 is 10.6 Å². The zero-order valence-corrected chi connectivity index (χ0v) is 15.3. The average Bonchev–Trinajstić information content (AvgIpc) is 3.12. The molecule has 0 fully saturated rings. The van der Waals surface area contributed by atoms with Crippen molar-refractivity contribution >= 4 is 34.3 Å². The Morgan fingerprint density at radius 3 is 2.56 bits per heavy atom. The van der Waals surface area contributed by atoms with Crippen molar-refractivity contribution in [2.75, 3.05) is 24.3 Å². The van der Waals surface area contributed by atoms with Crippen LogP contribution in [0.3, 0.4) is 0 Å². The fraction of sp³-hybridized carbons (Fsp3) is 0.167. The lowest BCUT2D eigenvalue weighted by molar-refractivity contribution is -0.115. The fourth-order valence-electron chi connectivity index (χ4n) is 2.25. The lowest BCUT2D eigenvalue weighted by Crippen LogP contribution is -2.17. The van der Waals surface area contributed by atoms with Crippen molar-refractivity contribution in [2.45, 2.75) is 6.42 Å². The molecule has 3 rings (SSSR count).